The molecule has 1 aliphatic rings. The van der Waals surface area contributed by atoms with Crippen LogP contribution in [0.2, 0.25) is 0 Å². The Morgan fingerprint density at radius 1 is 1.12 bits per heavy atom. The molecular weight excluding hydrogens is 206 g/mol. The topological polar surface area (TPSA) is 26.0 Å². The van der Waals surface area contributed by atoms with Gasteiger partial charge in [0, 0.05) is 6.04 Å². The van der Waals surface area contributed by atoms with E-state index in [-0.39, 0.29) is 0 Å². The lowest BCUT2D eigenvalue weighted by atomic mass is 9.72. The van der Waals surface area contributed by atoms with E-state index in [9.17, 15) is 0 Å². The van der Waals surface area contributed by atoms with Crippen LogP contribution in [0.5, 0.6) is 0 Å². The second-order valence-electron chi connectivity index (χ2n) is 7.36. The van der Waals surface area contributed by atoms with Crippen LogP contribution in [-0.2, 0) is 0 Å². The zero-order chi connectivity index (χ0) is 13.1. The molecule has 0 aromatic carbocycles. The Balaban J connectivity index is 2.36. The van der Waals surface area contributed by atoms with Crippen molar-refractivity contribution < 1.29 is 0 Å². The average Bonchev–Trinajstić information content (AvgIpc) is 2.27. The van der Waals surface area contributed by atoms with Crippen molar-refractivity contribution in [1.82, 2.24) is 0 Å². The molecule has 0 aromatic heterocycles. The molecule has 102 valence electrons. The fourth-order valence-corrected chi connectivity index (χ4v) is 2.98. The largest absolute Gasteiger partial charge is 0.327 e. The highest BCUT2D eigenvalue weighted by molar-refractivity contribution is 4.83. The van der Waals surface area contributed by atoms with Gasteiger partial charge in [-0.05, 0) is 42.4 Å². The molecule has 2 unspecified atom stereocenters. The van der Waals surface area contributed by atoms with E-state index in [0.29, 0.717) is 11.5 Å². The van der Waals surface area contributed by atoms with Gasteiger partial charge in [-0.3, -0.25) is 0 Å². The van der Waals surface area contributed by atoms with Gasteiger partial charge in [0.05, 0.1) is 0 Å². The Hall–Kier alpha value is -0.0400. The molecule has 0 heterocycles. The number of rotatable bonds is 4. The van der Waals surface area contributed by atoms with E-state index in [1.165, 1.54) is 38.5 Å². The van der Waals surface area contributed by atoms with Gasteiger partial charge >= 0.3 is 0 Å². The summed E-state index contributed by atoms with van der Waals surface area (Å²) in [4.78, 5) is 0. The summed E-state index contributed by atoms with van der Waals surface area (Å²) in [6.07, 6.45) is 8.13. The monoisotopic (exact) mass is 239 g/mol. The Labute approximate surface area is 109 Å². The Kier molecular flexibility index (Phi) is 5.50. The van der Waals surface area contributed by atoms with Crippen LogP contribution in [0.4, 0.5) is 0 Å². The minimum atomic E-state index is 0.401. The highest BCUT2D eigenvalue weighted by atomic mass is 14.7. The molecule has 1 heteroatoms. The maximum Gasteiger partial charge on any atom is 0.00699 e. The second kappa shape index (κ2) is 6.22. The van der Waals surface area contributed by atoms with Gasteiger partial charge in [0.25, 0.3) is 0 Å². The quantitative estimate of drug-likeness (QED) is 0.762. The van der Waals surface area contributed by atoms with E-state index < -0.39 is 0 Å². The molecule has 2 N–H and O–H groups in total. The smallest absolute Gasteiger partial charge is 0.00699 e. The van der Waals surface area contributed by atoms with Crippen molar-refractivity contribution in [2.75, 3.05) is 0 Å². The van der Waals surface area contributed by atoms with Gasteiger partial charge in [0.15, 0.2) is 0 Å². The fraction of sp³-hybridized carbons (Fsp3) is 1.00. The third kappa shape index (κ3) is 4.62. The molecule has 0 bridgehead atoms. The van der Waals surface area contributed by atoms with Crippen LogP contribution in [0.25, 0.3) is 0 Å². The lowest BCUT2D eigenvalue weighted by Crippen LogP contribution is -2.36. The van der Waals surface area contributed by atoms with Crippen LogP contribution in [0, 0.1) is 23.2 Å². The van der Waals surface area contributed by atoms with Crippen molar-refractivity contribution in [2.45, 2.75) is 79.2 Å². The lowest BCUT2D eigenvalue weighted by molar-refractivity contribution is 0.180. The maximum atomic E-state index is 6.43. The van der Waals surface area contributed by atoms with E-state index in [4.69, 9.17) is 5.73 Å². The average molecular weight is 239 g/mol. The predicted octanol–water partition coefficient (Wildman–Crippen LogP) is 4.60. The minimum absolute atomic E-state index is 0.401. The molecule has 1 aliphatic carbocycles. The Bertz CT molecular complexity index is 208. The summed E-state index contributed by atoms with van der Waals surface area (Å²) in [5, 5.41) is 0. The predicted molar refractivity (Wildman–Crippen MR) is 77.0 cm³/mol. The summed E-state index contributed by atoms with van der Waals surface area (Å²) in [6.45, 7) is 11.7. The zero-order valence-electron chi connectivity index (χ0n) is 12.6. The van der Waals surface area contributed by atoms with Crippen LogP contribution in [0.1, 0.15) is 73.1 Å². The van der Waals surface area contributed by atoms with Gasteiger partial charge in [-0.15, -0.1) is 0 Å². The van der Waals surface area contributed by atoms with Crippen LogP contribution in [0.15, 0.2) is 0 Å². The molecule has 0 radical (unpaired) electrons. The zero-order valence-corrected chi connectivity index (χ0v) is 12.6. The molecule has 0 amide bonds. The minimum Gasteiger partial charge on any atom is -0.327 e. The first-order valence-electron chi connectivity index (χ1n) is 7.60. The molecule has 2 atom stereocenters. The van der Waals surface area contributed by atoms with Gasteiger partial charge in [0.2, 0.25) is 0 Å². The summed E-state index contributed by atoms with van der Waals surface area (Å²) in [7, 11) is 0. The van der Waals surface area contributed by atoms with E-state index in [1.54, 1.807) is 0 Å². The second-order valence-corrected chi connectivity index (χ2v) is 7.36. The fourth-order valence-electron chi connectivity index (χ4n) is 2.98. The van der Waals surface area contributed by atoms with Gasteiger partial charge in [-0.1, -0.05) is 53.9 Å². The third-order valence-electron chi connectivity index (χ3n) is 5.18. The van der Waals surface area contributed by atoms with Crippen molar-refractivity contribution in [3.63, 3.8) is 0 Å². The van der Waals surface area contributed by atoms with E-state index >= 15 is 0 Å². The summed E-state index contributed by atoms with van der Waals surface area (Å²) < 4.78 is 0. The maximum absolute atomic E-state index is 6.43. The first-order chi connectivity index (χ1) is 7.84. The highest BCUT2D eigenvalue weighted by Crippen LogP contribution is 2.36. The molecular formula is C16H33N. The summed E-state index contributed by atoms with van der Waals surface area (Å²) >= 11 is 0. The molecule has 1 nitrogen and oxygen atoms in total. The SMILES string of the molecule is CCC1CCC(C(N)CC(C)C(C)(C)C)CC1. The molecule has 0 aromatic rings. The molecule has 0 spiro atoms. The van der Waals surface area contributed by atoms with Crippen LogP contribution < -0.4 is 5.73 Å². The Morgan fingerprint density at radius 2 is 1.65 bits per heavy atom. The van der Waals surface area contributed by atoms with E-state index in [1.807, 2.05) is 0 Å². The first kappa shape index (κ1) is 15.0. The van der Waals surface area contributed by atoms with Crippen molar-refractivity contribution in [2.24, 2.45) is 28.9 Å². The van der Waals surface area contributed by atoms with E-state index in [2.05, 4.69) is 34.6 Å². The highest BCUT2D eigenvalue weighted by Gasteiger charge is 2.28. The van der Waals surface area contributed by atoms with Crippen LogP contribution >= 0.6 is 0 Å². The molecule has 0 aliphatic heterocycles. The first-order valence-corrected chi connectivity index (χ1v) is 7.60. The van der Waals surface area contributed by atoms with Crippen molar-refractivity contribution in [3.8, 4) is 0 Å². The summed E-state index contributed by atoms with van der Waals surface area (Å²) in [5.74, 6) is 2.50. The molecule has 1 saturated carbocycles. The lowest BCUT2D eigenvalue weighted by Gasteiger charge is -2.35. The van der Waals surface area contributed by atoms with Crippen molar-refractivity contribution in [3.05, 3.63) is 0 Å². The number of hydrogen-bond acceptors (Lipinski definition) is 1. The summed E-state index contributed by atoms with van der Waals surface area (Å²) in [6, 6.07) is 0.432. The molecule has 1 rings (SSSR count). The van der Waals surface area contributed by atoms with Gasteiger partial charge < -0.3 is 5.73 Å². The molecule has 17 heavy (non-hydrogen) atoms. The van der Waals surface area contributed by atoms with Crippen molar-refractivity contribution in [1.29, 1.82) is 0 Å². The third-order valence-corrected chi connectivity index (χ3v) is 5.18. The van der Waals surface area contributed by atoms with Gasteiger partial charge in [-0.2, -0.15) is 0 Å². The standard InChI is InChI=1S/C16H33N/c1-6-13-7-9-14(10-8-13)15(17)11-12(2)16(3,4)5/h12-15H,6-11,17H2,1-5H3. The molecule has 1 fully saturated rings. The van der Waals surface area contributed by atoms with Crippen molar-refractivity contribution >= 4 is 0 Å². The normalized spacial score (nSPS) is 30.0. The van der Waals surface area contributed by atoms with Gasteiger partial charge in [-0.25, -0.2) is 0 Å². The summed E-state index contributed by atoms with van der Waals surface area (Å²) in [5.41, 5.74) is 6.83. The Morgan fingerprint density at radius 3 is 2.06 bits per heavy atom. The van der Waals surface area contributed by atoms with Crippen LogP contribution in [-0.4, -0.2) is 6.04 Å². The number of hydrogen-bond donors (Lipinski definition) is 1. The van der Waals surface area contributed by atoms with E-state index in [0.717, 1.165) is 17.8 Å². The number of nitrogens with two attached hydrogens (primary N) is 1. The van der Waals surface area contributed by atoms with Gasteiger partial charge in [0.1, 0.15) is 0 Å². The van der Waals surface area contributed by atoms with Crippen LogP contribution in [0.3, 0.4) is 0 Å². The molecule has 0 saturated heterocycles.